The van der Waals surface area contributed by atoms with Crippen molar-refractivity contribution in [2.24, 2.45) is 0 Å². The van der Waals surface area contributed by atoms with E-state index in [9.17, 15) is 36.7 Å². The maximum absolute atomic E-state index is 13.9. The number of alkyl halides is 2. The number of aromatic nitrogens is 10. The van der Waals surface area contributed by atoms with Gasteiger partial charge in [-0.25, -0.2) is 46.3 Å². The Hall–Kier alpha value is -7.34. The van der Waals surface area contributed by atoms with Gasteiger partial charge in [-0.3, -0.25) is 38.8 Å². The molecule has 6 aromatic rings. The minimum Gasteiger partial charge on any atom is -0.337 e. The molecule has 4 aromatic heterocycles. The lowest BCUT2D eigenvalue weighted by Gasteiger charge is -2.33. The van der Waals surface area contributed by atoms with Crippen LogP contribution in [-0.2, 0) is 48.6 Å². The lowest BCUT2D eigenvalue weighted by Crippen LogP contribution is -2.48. The van der Waals surface area contributed by atoms with Gasteiger partial charge >= 0.3 is 0 Å². The molecule has 4 aliphatic rings. The van der Waals surface area contributed by atoms with E-state index < -0.39 is 36.2 Å². The summed E-state index contributed by atoms with van der Waals surface area (Å²) in [7, 11) is 3.29. The summed E-state index contributed by atoms with van der Waals surface area (Å²) >= 11 is 0. The van der Waals surface area contributed by atoms with Crippen molar-refractivity contribution in [1.29, 1.82) is 0 Å². The standard InChI is InChI=1S/2C23H26F2N8O2/c2*1-30-20-10-17(6-8-31-12-16(24)13-31)28-33(20)9-7-19(23(30)35)27-22(34)21-26-14-32(29-21)11-15-4-2-3-5-18(15)25/h2*2-5,10,14,16,19H,6-9,11-13H2,1H3,(H,27,34)/t2*19-/m10/s1. The number of carbonyl (C=O) groups is 4. The van der Waals surface area contributed by atoms with E-state index in [1.165, 1.54) is 44.0 Å². The summed E-state index contributed by atoms with van der Waals surface area (Å²) in [5.41, 5.74) is 2.54. The number of likely N-dealkylation sites (N-methyl/N-ethyl adjacent to an activating group) is 2. The first-order valence-electron chi connectivity index (χ1n) is 23.0. The van der Waals surface area contributed by atoms with Gasteiger partial charge in [0.05, 0.1) is 24.5 Å². The van der Waals surface area contributed by atoms with Crippen molar-refractivity contribution in [3.05, 3.63) is 119 Å². The molecule has 24 heteroatoms. The Kier molecular flexibility index (Phi) is 14.1. The molecule has 0 unspecified atom stereocenters. The van der Waals surface area contributed by atoms with Crippen molar-refractivity contribution >= 4 is 35.3 Å². The van der Waals surface area contributed by atoms with Gasteiger partial charge < -0.3 is 10.6 Å². The highest BCUT2D eigenvalue weighted by Gasteiger charge is 2.34. The molecule has 4 aliphatic heterocycles. The second-order valence-corrected chi connectivity index (χ2v) is 17.8. The van der Waals surface area contributed by atoms with Crippen molar-refractivity contribution in [2.45, 2.75) is 76.3 Å². The molecule has 0 radical (unpaired) electrons. The van der Waals surface area contributed by atoms with Crippen LogP contribution in [0, 0.1) is 11.6 Å². The number of nitrogens with one attached hydrogen (secondary N) is 2. The van der Waals surface area contributed by atoms with E-state index in [4.69, 9.17) is 0 Å². The van der Waals surface area contributed by atoms with Crippen LogP contribution in [0.15, 0.2) is 73.3 Å². The van der Waals surface area contributed by atoms with Gasteiger partial charge in [-0.15, -0.1) is 10.2 Å². The van der Waals surface area contributed by atoms with Crippen LogP contribution in [0.2, 0.25) is 0 Å². The van der Waals surface area contributed by atoms with Crippen molar-refractivity contribution < 1.29 is 36.7 Å². The van der Waals surface area contributed by atoms with Crippen LogP contribution in [0.25, 0.3) is 0 Å². The van der Waals surface area contributed by atoms with Crippen LogP contribution in [0.3, 0.4) is 0 Å². The molecule has 4 amide bonds. The number of aryl methyl sites for hydroxylation is 2. The van der Waals surface area contributed by atoms with E-state index in [0.29, 0.717) is 87.7 Å². The Morgan fingerprint density at radius 2 is 1.01 bits per heavy atom. The smallest absolute Gasteiger partial charge is 0.291 e. The first-order valence-corrected chi connectivity index (χ1v) is 23.0. The summed E-state index contributed by atoms with van der Waals surface area (Å²) in [5, 5.41) is 22.9. The molecular formula is C46H52F4N16O4. The fourth-order valence-corrected chi connectivity index (χ4v) is 8.66. The fourth-order valence-electron chi connectivity index (χ4n) is 8.66. The number of carbonyl (C=O) groups excluding carboxylic acids is 4. The molecule has 2 atom stereocenters. The van der Waals surface area contributed by atoms with Crippen LogP contribution >= 0.6 is 0 Å². The highest BCUT2D eigenvalue weighted by Crippen LogP contribution is 2.24. The lowest BCUT2D eigenvalue weighted by atomic mass is 10.1. The number of amides is 4. The van der Waals surface area contributed by atoms with E-state index >= 15 is 0 Å². The number of halogens is 4. The average Bonchev–Trinajstić information content (AvgIpc) is 4.15. The Labute approximate surface area is 399 Å². The minimum atomic E-state index is -0.765. The third-order valence-electron chi connectivity index (χ3n) is 12.7. The van der Waals surface area contributed by atoms with Gasteiger partial charge in [-0.2, -0.15) is 10.2 Å². The Morgan fingerprint density at radius 1 is 0.614 bits per heavy atom. The molecule has 0 aliphatic carbocycles. The minimum absolute atomic E-state index is 0.0948. The normalized spacial score (nSPS) is 18.8. The molecule has 8 heterocycles. The number of rotatable bonds is 14. The molecule has 0 spiro atoms. The fraction of sp³-hybridized carbons (Fsp3) is 0.435. The molecule has 368 valence electrons. The third-order valence-corrected chi connectivity index (χ3v) is 12.7. The van der Waals surface area contributed by atoms with Crippen LogP contribution < -0.4 is 20.4 Å². The maximum atomic E-state index is 13.9. The first kappa shape index (κ1) is 47.7. The van der Waals surface area contributed by atoms with Crippen LogP contribution in [0.4, 0.5) is 29.2 Å². The number of anilines is 2. The van der Waals surface area contributed by atoms with Crippen molar-refractivity contribution in [3.8, 4) is 0 Å². The molecular weight excluding hydrogens is 917 g/mol. The van der Waals surface area contributed by atoms with E-state index in [1.54, 1.807) is 59.9 Å². The summed E-state index contributed by atoms with van der Waals surface area (Å²) in [4.78, 5) is 66.6. The number of benzene rings is 2. The van der Waals surface area contributed by atoms with Crippen LogP contribution in [-0.4, -0.2) is 160 Å². The summed E-state index contributed by atoms with van der Waals surface area (Å²) in [6.45, 7) is 4.46. The summed E-state index contributed by atoms with van der Waals surface area (Å²) < 4.78 is 60.0. The second kappa shape index (κ2) is 20.7. The van der Waals surface area contributed by atoms with Crippen molar-refractivity contribution in [2.75, 3.05) is 63.2 Å². The summed E-state index contributed by atoms with van der Waals surface area (Å²) in [5.74, 6) is -1.30. The van der Waals surface area contributed by atoms with Gasteiger partial charge in [0, 0.05) is 103 Å². The van der Waals surface area contributed by atoms with E-state index in [1.807, 2.05) is 21.9 Å². The zero-order valence-corrected chi connectivity index (χ0v) is 38.5. The highest BCUT2D eigenvalue weighted by molar-refractivity contribution is 6.01. The predicted molar refractivity (Wildman–Crippen MR) is 244 cm³/mol. The molecule has 20 nitrogen and oxygen atoms in total. The predicted octanol–water partition coefficient (Wildman–Crippen LogP) is 2.05. The largest absolute Gasteiger partial charge is 0.337 e. The molecule has 2 N–H and O–H groups in total. The molecule has 70 heavy (non-hydrogen) atoms. The first-order chi connectivity index (χ1) is 33.7. The second-order valence-electron chi connectivity index (χ2n) is 17.8. The molecule has 10 rings (SSSR count). The van der Waals surface area contributed by atoms with Crippen LogP contribution in [0.5, 0.6) is 0 Å². The van der Waals surface area contributed by atoms with E-state index in [-0.39, 0.29) is 48.2 Å². The maximum Gasteiger partial charge on any atom is 0.291 e. The number of hydrogen-bond donors (Lipinski definition) is 2. The quantitative estimate of drug-likeness (QED) is 0.151. The third kappa shape index (κ3) is 10.9. The van der Waals surface area contributed by atoms with Crippen molar-refractivity contribution in [1.82, 2.24) is 69.5 Å². The Morgan fingerprint density at radius 3 is 1.40 bits per heavy atom. The molecule has 0 saturated carbocycles. The monoisotopic (exact) mass is 968 g/mol. The van der Waals surface area contributed by atoms with Gasteiger partial charge in [-0.05, 0) is 25.0 Å². The van der Waals surface area contributed by atoms with Crippen LogP contribution in [0.1, 0.15) is 56.6 Å². The van der Waals surface area contributed by atoms with E-state index in [0.717, 1.165) is 24.5 Å². The SMILES string of the molecule is CN1C(=O)[C@@H](NC(=O)c2ncn(Cc3ccccc3F)n2)CCn2nc(CCN3CC(F)C3)cc21.CN1C(=O)[C@H](NC(=O)c2ncn(Cc3ccccc3F)n2)CCn2nc(CCN3CC(F)C3)cc21. The van der Waals surface area contributed by atoms with Crippen molar-refractivity contribution in [3.63, 3.8) is 0 Å². The highest BCUT2D eigenvalue weighted by atomic mass is 19.1. The Balaban J connectivity index is 0.000000174. The molecule has 2 aromatic carbocycles. The van der Waals surface area contributed by atoms with Gasteiger partial charge in [-0.1, -0.05) is 36.4 Å². The zero-order valence-electron chi connectivity index (χ0n) is 38.5. The van der Waals surface area contributed by atoms with Gasteiger partial charge in [0.2, 0.25) is 11.6 Å². The lowest BCUT2D eigenvalue weighted by molar-refractivity contribution is -0.120. The average molecular weight is 969 g/mol. The number of likely N-dealkylation sites (tertiary alicyclic amines) is 2. The number of hydrogen-bond acceptors (Lipinski definition) is 12. The summed E-state index contributed by atoms with van der Waals surface area (Å²) in [6.07, 6.45) is 3.30. The van der Waals surface area contributed by atoms with Gasteiger partial charge in [0.25, 0.3) is 23.6 Å². The van der Waals surface area contributed by atoms with Gasteiger partial charge in [0.1, 0.15) is 60.4 Å². The molecule has 2 saturated heterocycles. The molecule has 2 fully saturated rings. The molecule has 0 bridgehead atoms. The summed E-state index contributed by atoms with van der Waals surface area (Å²) in [6, 6.07) is 14.8. The number of nitrogens with zero attached hydrogens (tertiary/aromatic N) is 14. The topological polar surface area (TPSA) is 202 Å². The Bertz CT molecular complexity index is 2660. The number of fused-ring (bicyclic) bond motifs is 2. The van der Waals surface area contributed by atoms with Gasteiger partial charge in [0.15, 0.2) is 0 Å². The van der Waals surface area contributed by atoms with E-state index in [2.05, 4.69) is 41.0 Å². The zero-order chi connectivity index (χ0) is 49.1.